The third-order valence-electron chi connectivity index (χ3n) is 8.83. The second-order valence-electron chi connectivity index (χ2n) is 11.5. The molecule has 7 nitrogen and oxygen atoms in total. The first kappa shape index (κ1) is 30.9. The lowest BCUT2D eigenvalue weighted by molar-refractivity contribution is -0.136. The first-order valence-electron chi connectivity index (χ1n) is 15.3. The number of amides is 2. The van der Waals surface area contributed by atoms with Crippen molar-refractivity contribution >= 4 is 29.1 Å². The van der Waals surface area contributed by atoms with Gasteiger partial charge in [-0.05, 0) is 98.8 Å². The molecule has 2 aliphatic rings. The largest absolute Gasteiger partial charge is 0.493 e. The van der Waals surface area contributed by atoms with Crippen molar-refractivity contribution in [3.05, 3.63) is 87.9 Å². The van der Waals surface area contributed by atoms with Gasteiger partial charge in [0, 0.05) is 23.8 Å². The summed E-state index contributed by atoms with van der Waals surface area (Å²) in [5, 5.41) is 3.94. The number of benzene rings is 3. The van der Waals surface area contributed by atoms with Crippen molar-refractivity contribution in [3.63, 3.8) is 0 Å². The number of hydrogen-bond acceptors (Lipinski definition) is 5. The Morgan fingerprint density at radius 2 is 1.79 bits per heavy atom. The van der Waals surface area contributed by atoms with E-state index in [0.29, 0.717) is 23.1 Å². The number of carbonyl (C=O) groups excluding carboxylic acids is 2. The minimum Gasteiger partial charge on any atom is -0.493 e. The second kappa shape index (κ2) is 13.4. The molecule has 228 valence electrons. The van der Waals surface area contributed by atoms with Crippen LogP contribution < -0.4 is 19.7 Å². The van der Waals surface area contributed by atoms with Gasteiger partial charge in [0.1, 0.15) is 0 Å². The molecule has 2 heterocycles. The number of fused-ring (bicyclic) bond motifs is 1. The molecule has 4 atom stereocenters. The number of methoxy groups -OCH3 is 1. The molecule has 1 fully saturated rings. The number of carbonyl (C=O) groups is 2. The molecule has 0 saturated carbocycles. The highest BCUT2D eigenvalue weighted by Gasteiger charge is 2.36. The van der Waals surface area contributed by atoms with Gasteiger partial charge in [0.05, 0.1) is 37.6 Å². The average molecular weight is 604 g/mol. The molecule has 1 N–H and O–H groups in total. The maximum atomic E-state index is 13.9. The van der Waals surface area contributed by atoms with Crippen molar-refractivity contribution < 1.29 is 19.1 Å². The quantitative estimate of drug-likeness (QED) is 0.278. The highest BCUT2D eigenvalue weighted by Crippen LogP contribution is 2.44. The molecular formula is C35H42ClN3O4. The molecule has 0 spiro atoms. The zero-order chi connectivity index (χ0) is 30.7. The van der Waals surface area contributed by atoms with E-state index in [1.165, 1.54) is 0 Å². The van der Waals surface area contributed by atoms with E-state index in [0.717, 1.165) is 53.9 Å². The van der Waals surface area contributed by atoms with Crippen molar-refractivity contribution in [1.82, 2.24) is 10.2 Å². The monoisotopic (exact) mass is 603 g/mol. The normalized spacial score (nSPS) is 19.5. The molecule has 0 bridgehead atoms. The fourth-order valence-electron chi connectivity index (χ4n) is 6.19. The number of hydrogen-bond donors (Lipinski definition) is 1. The SMILES string of the molecule is CC[C@@H](C)Oc1cc2c(cc1OC)CC(=O)N(c1ccc(C(C)N(CC)C(=O)C3CCNC3)cc1)C2c1ccc(Cl)cc1. The van der Waals surface area contributed by atoms with Gasteiger partial charge in [0.25, 0.3) is 0 Å². The zero-order valence-electron chi connectivity index (χ0n) is 25.7. The van der Waals surface area contributed by atoms with Crippen molar-refractivity contribution in [2.45, 2.75) is 65.1 Å². The van der Waals surface area contributed by atoms with Crippen LogP contribution in [0, 0.1) is 5.92 Å². The maximum Gasteiger partial charge on any atom is 0.232 e. The van der Waals surface area contributed by atoms with E-state index in [1.54, 1.807) is 7.11 Å². The summed E-state index contributed by atoms with van der Waals surface area (Å²) in [7, 11) is 1.62. The molecule has 2 aliphatic heterocycles. The summed E-state index contributed by atoms with van der Waals surface area (Å²) in [6, 6.07) is 19.2. The van der Waals surface area contributed by atoms with E-state index in [9.17, 15) is 9.59 Å². The summed E-state index contributed by atoms with van der Waals surface area (Å²) in [6.45, 7) is 10.5. The minimum absolute atomic E-state index is 0.00927. The van der Waals surface area contributed by atoms with Crippen LogP contribution in [0.4, 0.5) is 5.69 Å². The van der Waals surface area contributed by atoms with E-state index in [4.69, 9.17) is 21.1 Å². The summed E-state index contributed by atoms with van der Waals surface area (Å²) < 4.78 is 11.9. The summed E-state index contributed by atoms with van der Waals surface area (Å²) >= 11 is 6.27. The minimum atomic E-state index is -0.384. The van der Waals surface area contributed by atoms with Gasteiger partial charge in [0.2, 0.25) is 11.8 Å². The zero-order valence-corrected chi connectivity index (χ0v) is 26.5. The van der Waals surface area contributed by atoms with E-state index in [2.05, 4.69) is 19.2 Å². The molecular weight excluding hydrogens is 562 g/mol. The Labute approximate surface area is 260 Å². The summed E-state index contributed by atoms with van der Waals surface area (Å²) in [5.41, 5.74) is 4.68. The van der Waals surface area contributed by atoms with Gasteiger partial charge in [0.15, 0.2) is 11.5 Å². The van der Waals surface area contributed by atoms with E-state index < -0.39 is 0 Å². The average Bonchev–Trinajstić information content (AvgIpc) is 3.56. The van der Waals surface area contributed by atoms with E-state index in [-0.39, 0.29) is 42.3 Å². The lowest BCUT2D eigenvalue weighted by Gasteiger charge is -2.38. The van der Waals surface area contributed by atoms with Crippen molar-refractivity contribution in [2.75, 3.05) is 31.6 Å². The summed E-state index contributed by atoms with van der Waals surface area (Å²) in [4.78, 5) is 31.0. The highest BCUT2D eigenvalue weighted by atomic mass is 35.5. The molecule has 3 aromatic rings. The lowest BCUT2D eigenvalue weighted by atomic mass is 9.86. The molecule has 0 radical (unpaired) electrons. The number of nitrogens with zero attached hydrogens (tertiary/aromatic N) is 2. The second-order valence-corrected chi connectivity index (χ2v) is 12.0. The van der Waals surface area contributed by atoms with Crippen LogP contribution in [0.3, 0.4) is 0 Å². The van der Waals surface area contributed by atoms with Crippen LogP contribution in [0.1, 0.15) is 74.9 Å². The fraction of sp³-hybridized carbons (Fsp3) is 0.429. The third kappa shape index (κ3) is 6.38. The van der Waals surface area contributed by atoms with Crippen LogP contribution >= 0.6 is 11.6 Å². The topological polar surface area (TPSA) is 71.1 Å². The molecule has 0 aliphatic carbocycles. The van der Waals surface area contributed by atoms with Crippen LogP contribution in [-0.2, 0) is 16.0 Å². The van der Waals surface area contributed by atoms with Gasteiger partial charge in [-0.15, -0.1) is 0 Å². The summed E-state index contributed by atoms with van der Waals surface area (Å²) in [6.07, 6.45) is 1.98. The Balaban J connectivity index is 1.52. The van der Waals surface area contributed by atoms with Gasteiger partial charge < -0.3 is 24.6 Å². The standard InChI is InChI=1S/C35H42ClN3O4/c1-6-22(3)43-32-20-30-27(18-31(32)42-5)19-33(40)39(34(30)25-8-12-28(36)13-9-25)29-14-10-24(11-15-29)23(4)38(7-2)35(41)26-16-17-37-21-26/h8-15,18,20,22-23,26,34,37H,6-7,16-17,19,21H2,1-5H3/t22-,23?,26?,34?/m1/s1. The fourth-order valence-corrected chi connectivity index (χ4v) is 6.31. The van der Waals surface area contributed by atoms with Gasteiger partial charge in [-0.1, -0.05) is 42.8 Å². The van der Waals surface area contributed by atoms with Crippen molar-refractivity contribution in [3.8, 4) is 11.5 Å². The lowest BCUT2D eigenvalue weighted by Crippen LogP contribution is -2.41. The molecule has 8 heteroatoms. The van der Waals surface area contributed by atoms with Crippen LogP contribution in [0.25, 0.3) is 0 Å². The third-order valence-corrected chi connectivity index (χ3v) is 9.08. The number of nitrogens with one attached hydrogen (secondary N) is 1. The molecule has 3 unspecified atom stereocenters. The number of ether oxygens (including phenoxy) is 2. The van der Waals surface area contributed by atoms with E-state index in [1.807, 2.05) is 84.3 Å². The number of anilines is 1. The van der Waals surface area contributed by atoms with E-state index >= 15 is 0 Å². The van der Waals surface area contributed by atoms with Gasteiger partial charge in [-0.25, -0.2) is 0 Å². The van der Waals surface area contributed by atoms with Crippen LogP contribution in [0.2, 0.25) is 5.02 Å². The Morgan fingerprint density at radius 3 is 2.40 bits per heavy atom. The Hall–Kier alpha value is -3.55. The van der Waals surface area contributed by atoms with Crippen molar-refractivity contribution in [1.29, 1.82) is 0 Å². The first-order chi connectivity index (χ1) is 20.7. The Morgan fingerprint density at radius 1 is 1.07 bits per heavy atom. The van der Waals surface area contributed by atoms with Gasteiger partial charge >= 0.3 is 0 Å². The van der Waals surface area contributed by atoms with Crippen LogP contribution in [0.5, 0.6) is 11.5 Å². The number of rotatable bonds is 10. The van der Waals surface area contributed by atoms with Crippen LogP contribution in [0.15, 0.2) is 60.7 Å². The predicted molar refractivity (Wildman–Crippen MR) is 171 cm³/mol. The molecule has 3 aromatic carbocycles. The highest BCUT2D eigenvalue weighted by molar-refractivity contribution is 6.30. The first-order valence-corrected chi connectivity index (χ1v) is 15.7. The molecule has 2 amide bonds. The Bertz CT molecular complexity index is 1440. The molecule has 5 rings (SSSR count). The smallest absolute Gasteiger partial charge is 0.232 e. The molecule has 1 saturated heterocycles. The Kier molecular flexibility index (Phi) is 9.62. The van der Waals surface area contributed by atoms with Crippen molar-refractivity contribution in [2.24, 2.45) is 5.92 Å². The van der Waals surface area contributed by atoms with Gasteiger partial charge in [-0.2, -0.15) is 0 Å². The predicted octanol–water partition coefficient (Wildman–Crippen LogP) is 6.72. The molecule has 43 heavy (non-hydrogen) atoms. The molecule has 0 aromatic heterocycles. The van der Waals surface area contributed by atoms with Gasteiger partial charge in [-0.3, -0.25) is 9.59 Å². The van der Waals surface area contributed by atoms with Crippen LogP contribution in [-0.4, -0.2) is 49.6 Å². The summed E-state index contributed by atoms with van der Waals surface area (Å²) in [5.74, 6) is 1.50. The number of halogens is 1. The maximum absolute atomic E-state index is 13.9.